The average Bonchev–Trinajstić information content (AvgIpc) is 2.65. The third kappa shape index (κ3) is 3.36. The van der Waals surface area contributed by atoms with E-state index in [0.29, 0.717) is 25.0 Å². The van der Waals surface area contributed by atoms with Crippen LogP contribution in [0, 0.1) is 0 Å². The lowest BCUT2D eigenvalue weighted by Crippen LogP contribution is -2.21. The number of hydrogen-bond acceptors (Lipinski definition) is 5. The molecule has 94 valence electrons. The molecule has 1 aliphatic heterocycles. The molecule has 1 aliphatic rings. The maximum absolute atomic E-state index is 11.5. The van der Waals surface area contributed by atoms with E-state index in [1.807, 2.05) is 6.92 Å². The standard InChI is InChI=1S/C9H18NO3PS2/c1-4-8(3)16-14(15,13-5-2)10-6-7-12-9(10)11/h8H,4-7H2,1-3H3. The summed E-state index contributed by atoms with van der Waals surface area (Å²) in [6.45, 7) is 7.62. The molecule has 4 nitrogen and oxygen atoms in total. The first-order chi connectivity index (χ1) is 7.53. The molecule has 1 heterocycles. The molecule has 1 saturated heterocycles. The highest BCUT2D eigenvalue weighted by Gasteiger charge is 2.37. The van der Waals surface area contributed by atoms with Crippen molar-refractivity contribution in [2.45, 2.75) is 32.4 Å². The van der Waals surface area contributed by atoms with Gasteiger partial charge in [0, 0.05) is 5.25 Å². The van der Waals surface area contributed by atoms with E-state index in [1.165, 1.54) is 0 Å². The van der Waals surface area contributed by atoms with Gasteiger partial charge < -0.3 is 9.26 Å². The molecule has 1 rings (SSSR count). The summed E-state index contributed by atoms with van der Waals surface area (Å²) in [4.78, 5) is 11.5. The van der Waals surface area contributed by atoms with Crippen LogP contribution < -0.4 is 0 Å². The molecule has 0 bridgehead atoms. The van der Waals surface area contributed by atoms with E-state index in [2.05, 4.69) is 13.8 Å². The summed E-state index contributed by atoms with van der Waals surface area (Å²) in [5, 5.41) is 0.394. The van der Waals surface area contributed by atoms with Gasteiger partial charge in [-0.05, 0) is 25.2 Å². The number of rotatable bonds is 6. The minimum Gasteiger partial charge on any atom is -0.447 e. The lowest BCUT2D eigenvalue weighted by molar-refractivity contribution is 0.169. The first kappa shape index (κ1) is 14.3. The second-order valence-electron chi connectivity index (χ2n) is 3.45. The molecule has 1 amide bonds. The van der Waals surface area contributed by atoms with Crippen LogP contribution in [0.3, 0.4) is 0 Å². The van der Waals surface area contributed by atoms with Crippen molar-refractivity contribution in [3.63, 3.8) is 0 Å². The third-order valence-electron chi connectivity index (χ3n) is 2.22. The number of carbonyl (C=O) groups excluding carboxylic acids is 1. The number of carbonyl (C=O) groups is 1. The molecule has 0 aromatic rings. The first-order valence-electron chi connectivity index (χ1n) is 5.41. The Kier molecular flexibility index (Phi) is 5.57. The molecule has 0 aromatic carbocycles. The number of nitrogens with zero attached hydrogens (tertiary/aromatic N) is 1. The van der Waals surface area contributed by atoms with Crippen molar-refractivity contribution in [3.8, 4) is 0 Å². The molecule has 7 heteroatoms. The zero-order valence-corrected chi connectivity index (χ0v) is 12.4. The smallest absolute Gasteiger partial charge is 0.416 e. The SMILES string of the molecule is CCOP(=S)(SC(C)CC)N1CCOC1=O. The highest BCUT2D eigenvalue weighted by atomic mass is 32.9. The number of cyclic esters (lactones) is 1. The second kappa shape index (κ2) is 6.24. The summed E-state index contributed by atoms with van der Waals surface area (Å²) in [6, 6.07) is 0. The average molecular weight is 283 g/mol. The van der Waals surface area contributed by atoms with Crippen molar-refractivity contribution in [1.82, 2.24) is 4.67 Å². The molecule has 0 saturated carbocycles. The highest BCUT2D eigenvalue weighted by Crippen LogP contribution is 2.65. The number of amides is 1. The van der Waals surface area contributed by atoms with Gasteiger partial charge in [-0.15, -0.1) is 0 Å². The van der Waals surface area contributed by atoms with Crippen LogP contribution in [-0.2, 0) is 21.1 Å². The molecule has 0 radical (unpaired) electrons. The van der Waals surface area contributed by atoms with Crippen molar-refractivity contribution >= 4 is 34.9 Å². The fourth-order valence-corrected chi connectivity index (χ4v) is 8.24. The Morgan fingerprint density at radius 3 is 2.81 bits per heavy atom. The zero-order valence-electron chi connectivity index (χ0n) is 9.84. The van der Waals surface area contributed by atoms with Crippen molar-refractivity contribution in [2.24, 2.45) is 0 Å². The molecule has 16 heavy (non-hydrogen) atoms. The zero-order chi connectivity index (χ0) is 12.2. The molecule has 0 spiro atoms. The predicted octanol–water partition coefficient (Wildman–Crippen LogP) is 3.23. The molecular formula is C9H18NO3PS2. The fraction of sp³-hybridized carbons (Fsp3) is 0.889. The lowest BCUT2D eigenvalue weighted by Gasteiger charge is -2.30. The van der Waals surface area contributed by atoms with Gasteiger partial charge in [-0.25, -0.2) is 9.46 Å². The van der Waals surface area contributed by atoms with E-state index < -0.39 is 5.62 Å². The van der Waals surface area contributed by atoms with E-state index in [1.54, 1.807) is 16.1 Å². The minimum absolute atomic E-state index is 0.326. The molecule has 0 aromatic heterocycles. The van der Waals surface area contributed by atoms with Crippen LogP contribution in [0.2, 0.25) is 0 Å². The van der Waals surface area contributed by atoms with Crippen molar-refractivity contribution in [1.29, 1.82) is 0 Å². The van der Waals surface area contributed by atoms with Gasteiger partial charge in [0.05, 0.1) is 13.2 Å². The summed E-state index contributed by atoms with van der Waals surface area (Å²) < 4.78 is 12.2. The molecule has 2 atom stereocenters. The summed E-state index contributed by atoms with van der Waals surface area (Å²) in [5.74, 6) is 0. The van der Waals surface area contributed by atoms with Crippen LogP contribution in [0.5, 0.6) is 0 Å². The monoisotopic (exact) mass is 283 g/mol. The van der Waals surface area contributed by atoms with Crippen molar-refractivity contribution < 1.29 is 14.1 Å². The Balaban J connectivity index is 2.78. The van der Waals surface area contributed by atoms with Crippen LogP contribution in [0.25, 0.3) is 0 Å². The van der Waals surface area contributed by atoms with Gasteiger partial charge in [0.2, 0.25) is 5.62 Å². The molecule has 1 fully saturated rings. The molecule has 0 N–H and O–H groups in total. The van der Waals surface area contributed by atoms with Gasteiger partial charge >= 0.3 is 6.09 Å². The van der Waals surface area contributed by atoms with E-state index in [-0.39, 0.29) is 6.09 Å². The van der Waals surface area contributed by atoms with Crippen LogP contribution in [0.15, 0.2) is 0 Å². The summed E-state index contributed by atoms with van der Waals surface area (Å²) in [6.07, 6.45) is 0.687. The minimum atomic E-state index is -2.29. The Labute approximate surface area is 106 Å². The van der Waals surface area contributed by atoms with Crippen LogP contribution in [0.4, 0.5) is 4.79 Å². The fourth-order valence-electron chi connectivity index (χ4n) is 1.23. The maximum Gasteiger partial charge on any atom is 0.416 e. The lowest BCUT2D eigenvalue weighted by atomic mass is 10.4. The first-order valence-corrected chi connectivity index (χ1v) is 9.57. The summed E-state index contributed by atoms with van der Waals surface area (Å²) in [5.41, 5.74) is -2.29. The Bertz CT molecular complexity index is 300. The van der Waals surface area contributed by atoms with Crippen LogP contribution in [0.1, 0.15) is 27.2 Å². The Morgan fingerprint density at radius 2 is 2.38 bits per heavy atom. The largest absolute Gasteiger partial charge is 0.447 e. The normalized spacial score (nSPS) is 21.7. The number of ether oxygens (including phenoxy) is 1. The van der Waals surface area contributed by atoms with Gasteiger partial charge in [-0.2, -0.15) is 0 Å². The Morgan fingerprint density at radius 1 is 1.69 bits per heavy atom. The predicted molar refractivity (Wildman–Crippen MR) is 71.3 cm³/mol. The van der Waals surface area contributed by atoms with Gasteiger partial charge in [0.15, 0.2) is 0 Å². The van der Waals surface area contributed by atoms with E-state index >= 15 is 0 Å². The van der Waals surface area contributed by atoms with E-state index in [0.717, 1.165) is 6.42 Å². The van der Waals surface area contributed by atoms with Crippen molar-refractivity contribution in [2.75, 3.05) is 19.8 Å². The third-order valence-corrected chi connectivity index (χ3v) is 9.18. The second-order valence-corrected chi connectivity index (χ2v) is 10.4. The topological polar surface area (TPSA) is 38.8 Å². The van der Waals surface area contributed by atoms with E-state index in [9.17, 15) is 4.79 Å². The van der Waals surface area contributed by atoms with Gasteiger partial charge in [0.1, 0.15) is 6.61 Å². The molecule has 0 aliphatic carbocycles. The quantitative estimate of drug-likeness (QED) is 0.700. The van der Waals surface area contributed by atoms with Crippen molar-refractivity contribution in [3.05, 3.63) is 0 Å². The van der Waals surface area contributed by atoms with Gasteiger partial charge in [-0.1, -0.05) is 25.2 Å². The highest BCUT2D eigenvalue weighted by molar-refractivity contribution is 8.69. The summed E-state index contributed by atoms with van der Waals surface area (Å²) in [7, 11) is 0. The number of hydrogen-bond donors (Lipinski definition) is 0. The van der Waals surface area contributed by atoms with Crippen LogP contribution >= 0.6 is 17.0 Å². The van der Waals surface area contributed by atoms with E-state index in [4.69, 9.17) is 21.1 Å². The van der Waals surface area contributed by atoms with Crippen LogP contribution in [-0.4, -0.2) is 35.8 Å². The molecule has 2 unspecified atom stereocenters. The molecular weight excluding hydrogens is 265 g/mol. The van der Waals surface area contributed by atoms with Gasteiger partial charge in [-0.3, -0.25) is 0 Å². The van der Waals surface area contributed by atoms with Gasteiger partial charge in [0.25, 0.3) is 0 Å². The summed E-state index contributed by atoms with van der Waals surface area (Å²) >= 11 is 7.16. The maximum atomic E-state index is 11.5. The Hall–Kier alpha value is 0.230.